The lowest BCUT2D eigenvalue weighted by atomic mass is 10.1. The summed E-state index contributed by atoms with van der Waals surface area (Å²) in [4.78, 5) is 2.59. The Labute approximate surface area is 88.3 Å². The number of aliphatic hydroxyl groups is 1. The van der Waals surface area contributed by atoms with Crippen LogP contribution in [-0.2, 0) is 0 Å². The van der Waals surface area contributed by atoms with Gasteiger partial charge in [0.05, 0.1) is 0 Å². The Morgan fingerprint density at radius 1 is 1.29 bits per heavy atom. The summed E-state index contributed by atoms with van der Waals surface area (Å²) in [5, 5.41) is 8.87. The lowest BCUT2D eigenvalue weighted by Crippen LogP contribution is -2.37. The second-order valence-electron chi connectivity index (χ2n) is 4.90. The van der Waals surface area contributed by atoms with Crippen LogP contribution in [0.25, 0.3) is 0 Å². The van der Waals surface area contributed by atoms with Crippen LogP contribution in [0.15, 0.2) is 0 Å². The van der Waals surface area contributed by atoms with Crippen LogP contribution < -0.4 is 0 Å². The zero-order chi connectivity index (χ0) is 10.4. The topological polar surface area (TPSA) is 23.5 Å². The molecule has 0 radical (unpaired) electrons. The van der Waals surface area contributed by atoms with Crippen molar-refractivity contribution in [3.63, 3.8) is 0 Å². The molecule has 0 aliphatic heterocycles. The van der Waals surface area contributed by atoms with Crippen molar-refractivity contribution in [2.24, 2.45) is 5.92 Å². The zero-order valence-corrected chi connectivity index (χ0v) is 9.71. The Kier molecular flexibility index (Phi) is 5.49. The monoisotopic (exact) mass is 199 g/mol. The summed E-state index contributed by atoms with van der Waals surface area (Å²) in [6.07, 6.45) is 6.48. The van der Waals surface area contributed by atoms with E-state index in [0.29, 0.717) is 6.61 Å². The van der Waals surface area contributed by atoms with E-state index < -0.39 is 0 Å². The Morgan fingerprint density at radius 2 is 1.93 bits per heavy atom. The zero-order valence-electron chi connectivity index (χ0n) is 9.71. The van der Waals surface area contributed by atoms with E-state index in [4.69, 9.17) is 5.11 Å². The van der Waals surface area contributed by atoms with Crippen LogP contribution in [0.4, 0.5) is 0 Å². The first-order valence-corrected chi connectivity index (χ1v) is 6.09. The SMILES string of the molecule is CC(C)CN(CCCO)C1CCCC1. The highest BCUT2D eigenvalue weighted by Crippen LogP contribution is 2.24. The van der Waals surface area contributed by atoms with Gasteiger partial charge in [-0.2, -0.15) is 0 Å². The first-order chi connectivity index (χ1) is 6.74. The molecular formula is C12H25NO. The standard InChI is InChI=1S/C12H25NO/c1-11(2)10-13(8-5-9-14)12-6-3-4-7-12/h11-12,14H,3-10H2,1-2H3. The Hall–Kier alpha value is -0.0800. The molecule has 0 unspecified atom stereocenters. The molecule has 1 fully saturated rings. The van der Waals surface area contributed by atoms with Gasteiger partial charge in [0.25, 0.3) is 0 Å². The molecule has 2 nitrogen and oxygen atoms in total. The van der Waals surface area contributed by atoms with E-state index in [9.17, 15) is 0 Å². The summed E-state index contributed by atoms with van der Waals surface area (Å²) in [6, 6.07) is 0.809. The highest BCUT2D eigenvalue weighted by molar-refractivity contribution is 4.77. The minimum Gasteiger partial charge on any atom is -0.396 e. The summed E-state index contributed by atoms with van der Waals surface area (Å²) in [6.45, 7) is 7.17. The van der Waals surface area contributed by atoms with Crippen LogP contribution in [0, 0.1) is 5.92 Å². The molecule has 0 saturated heterocycles. The molecule has 0 amide bonds. The molecule has 0 spiro atoms. The molecule has 0 aromatic carbocycles. The Morgan fingerprint density at radius 3 is 2.43 bits per heavy atom. The lowest BCUT2D eigenvalue weighted by molar-refractivity contribution is 0.158. The van der Waals surface area contributed by atoms with E-state index >= 15 is 0 Å². The predicted molar refractivity (Wildman–Crippen MR) is 60.4 cm³/mol. The van der Waals surface area contributed by atoms with Crippen molar-refractivity contribution in [1.29, 1.82) is 0 Å². The molecular weight excluding hydrogens is 174 g/mol. The van der Waals surface area contributed by atoms with Crippen LogP contribution in [0.2, 0.25) is 0 Å². The summed E-state index contributed by atoms with van der Waals surface area (Å²) < 4.78 is 0. The third-order valence-electron chi connectivity index (χ3n) is 3.04. The number of aliphatic hydroxyl groups excluding tert-OH is 1. The maximum atomic E-state index is 8.87. The Bertz CT molecular complexity index is 141. The smallest absolute Gasteiger partial charge is 0.0443 e. The van der Waals surface area contributed by atoms with Crippen LogP contribution >= 0.6 is 0 Å². The number of nitrogens with zero attached hydrogens (tertiary/aromatic N) is 1. The second kappa shape index (κ2) is 6.41. The molecule has 0 aromatic heterocycles. The normalized spacial score (nSPS) is 18.6. The van der Waals surface area contributed by atoms with E-state index in [1.807, 2.05) is 0 Å². The highest BCUT2D eigenvalue weighted by Gasteiger charge is 2.22. The molecule has 1 N–H and O–H groups in total. The van der Waals surface area contributed by atoms with Gasteiger partial charge in [0.2, 0.25) is 0 Å². The minimum absolute atomic E-state index is 0.335. The highest BCUT2D eigenvalue weighted by atomic mass is 16.3. The molecule has 1 aliphatic rings. The molecule has 1 aliphatic carbocycles. The molecule has 0 aromatic rings. The first kappa shape index (κ1) is 12.0. The van der Waals surface area contributed by atoms with Crippen molar-refractivity contribution >= 4 is 0 Å². The third-order valence-corrected chi connectivity index (χ3v) is 3.04. The summed E-state index contributed by atoms with van der Waals surface area (Å²) in [5.74, 6) is 0.745. The fourth-order valence-corrected chi connectivity index (χ4v) is 2.44. The minimum atomic E-state index is 0.335. The third kappa shape index (κ3) is 3.97. The molecule has 0 heterocycles. The van der Waals surface area contributed by atoms with Crippen molar-refractivity contribution in [2.45, 2.75) is 52.0 Å². The van der Waals surface area contributed by atoms with Gasteiger partial charge < -0.3 is 10.0 Å². The van der Waals surface area contributed by atoms with Gasteiger partial charge in [-0.05, 0) is 25.2 Å². The van der Waals surface area contributed by atoms with Gasteiger partial charge in [-0.3, -0.25) is 0 Å². The van der Waals surface area contributed by atoms with Gasteiger partial charge in [0.1, 0.15) is 0 Å². The molecule has 1 saturated carbocycles. The van der Waals surface area contributed by atoms with Gasteiger partial charge in [0, 0.05) is 25.7 Å². The van der Waals surface area contributed by atoms with Crippen molar-refractivity contribution < 1.29 is 5.11 Å². The van der Waals surface area contributed by atoms with Crippen molar-refractivity contribution in [1.82, 2.24) is 4.90 Å². The van der Waals surface area contributed by atoms with Crippen LogP contribution in [0.1, 0.15) is 46.0 Å². The summed E-state index contributed by atoms with van der Waals surface area (Å²) in [5.41, 5.74) is 0. The van der Waals surface area contributed by atoms with E-state index in [0.717, 1.165) is 24.9 Å². The number of hydrogen-bond donors (Lipinski definition) is 1. The second-order valence-corrected chi connectivity index (χ2v) is 4.90. The van der Waals surface area contributed by atoms with Crippen LogP contribution in [0.5, 0.6) is 0 Å². The summed E-state index contributed by atoms with van der Waals surface area (Å²) in [7, 11) is 0. The number of hydrogen-bond acceptors (Lipinski definition) is 2. The van der Waals surface area contributed by atoms with E-state index in [2.05, 4.69) is 18.7 Å². The maximum Gasteiger partial charge on any atom is 0.0443 e. The molecule has 84 valence electrons. The predicted octanol–water partition coefficient (Wildman–Crippen LogP) is 2.27. The van der Waals surface area contributed by atoms with Crippen LogP contribution in [0.3, 0.4) is 0 Å². The van der Waals surface area contributed by atoms with Gasteiger partial charge in [0.15, 0.2) is 0 Å². The molecule has 14 heavy (non-hydrogen) atoms. The van der Waals surface area contributed by atoms with Gasteiger partial charge in [-0.15, -0.1) is 0 Å². The van der Waals surface area contributed by atoms with Crippen LogP contribution in [-0.4, -0.2) is 35.7 Å². The largest absolute Gasteiger partial charge is 0.396 e. The maximum absolute atomic E-state index is 8.87. The van der Waals surface area contributed by atoms with Gasteiger partial charge in [-0.1, -0.05) is 26.7 Å². The quantitative estimate of drug-likeness (QED) is 0.709. The van der Waals surface area contributed by atoms with Gasteiger partial charge >= 0.3 is 0 Å². The molecule has 0 atom stereocenters. The average Bonchev–Trinajstić information content (AvgIpc) is 2.64. The molecule has 1 rings (SSSR count). The fraction of sp³-hybridized carbons (Fsp3) is 1.00. The van der Waals surface area contributed by atoms with Crippen molar-refractivity contribution in [3.05, 3.63) is 0 Å². The summed E-state index contributed by atoms with van der Waals surface area (Å²) >= 11 is 0. The lowest BCUT2D eigenvalue weighted by Gasteiger charge is -2.30. The molecule has 2 heteroatoms. The first-order valence-electron chi connectivity index (χ1n) is 6.09. The van der Waals surface area contributed by atoms with Crippen molar-refractivity contribution in [3.8, 4) is 0 Å². The molecule has 0 bridgehead atoms. The Balaban J connectivity index is 2.34. The van der Waals surface area contributed by atoms with E-state index in [-0.39, 0.29) is 0 Å². The fourth-order valence-electron chi connectivity index (χ4n) is 2.44. The van der Waals surface area contributed by atoms with Gasteiger partial charge in [-0.25, -0.2) is 0 Å². The van der Waals surface area contributed by atoms with E-state index in [1.54, 1.807) is 0 Å². The number of rotatable bonds is 6. The van der Waals surface area contributed by atoms with Crippen molar-refractivity contribution in [2.75, 3.05) is 19.7 Å². The van der Waals surface area contributed by atoms with E-state index in [1.165, 1.54) is 32.2 Å². The average molecular weight is 199 g/mol.